The number of hydrogen-bond donors (Lipinski definition) is 0. The Labute approximate surface area is 134 Å². The van der Waals surface area contributed by atoms with Crippen molar-refractivity contribution in [1.29, 1.82) is 0 Å². The minimum atomic E-state index is -0.662. The molecule has 0 amide bonds. The van der Waals surface area contributed by atoms with Gasteiger partial charge in [-0.15, -0.1) is 0 Å². The highest BCUT2D eigenvalue weighted by Crippen LogP contribution is 2.40. The quantitative estimate of drug-likeness (QED) is 0.712. The van der Waals surface area contributed by atoms with Gasteiger partial charge in [0.15, 0.2) is 0 Å². The van der Waals surface area contributed by atoms with Crippen molar-refractivity contribution in [3.05, 3.63) is 0 Å². The molecule has 1 aliphatic carbocycles. The molecule has 0 saturated heterocycles. The number of esters is 2. The van der Waals surface area contributed by atoms with Gasteiger partial charge < -0.3 is 9.47 Å². The normalized spacial score (nSPS) is 19.6. The van der Waals surface area contributed by atoms with E-state index in [9.17, 15) is 9.59 Å². The molecule has 0 aliphatic heterocycles. The van der Waals surface area contributed by atoms with E-state index in [2.05, 4.69) is 0 Å². The molecule has 4 nitrogen and oxygen atoms in total. The van der Waals surface area contributed by atoms with Crippen molar-refractivity contribution in [2.45, 2.75) is 92.3 Å². The molecule has 1 rings (SSSR count). The van der Waals surface area contributed by atoms with Crippen LogP contribution in [-0.2, 0) is 19.1 Å². The van der Waals surface area contributed by atoms with Crippen LogP contribution in [-0.4, -0.2) is 23.6 Å². The lowest BCUT2D eigenvalue weighted by molar-refractivity contribution is -0.194. The number of ether oxygens (including phenoxy) is 2. The fourth-order valence-electron chi connectivity index (χ4n) is 2.48. The Morgan fingerprint density at radius 2 is 1.55 bits per heavy atom. The van der Waals surface area contributed by atoms with Crippen molar-refractivity contribution in [2.24, 2.45) is 10.8 Å². The van der Waals surface area contributed by atoms with Crippen molar-refractivity contribution < 1.29 is 19.1 Å². The SMILES string of the molecule is CCC(C)(C)C(=O)OC1(C(C)OC(=O)C(C)(C)C)CCCC1. The van der Waals surface area contributed by atoms with Gasteiger partial charge in [-0.2, -0.15) is 0 Å². The fraction of sp³-hybridized carbons (Fsp3) is 0.889. The Hall–Kier alpha value is -1.06. The molecule has 0 aromatic rings. The van der Waals surface area contributed by atoms with Crippen LogP contribution in [0.25, 0.3) is 0 Å². The highest BCUT2D eigenvalue weighted by atomic mass is 16.6. The summed E-state index contributed by atoms with van der Waals surface area (Å²) in [7, 11) is 0. The maximum Gasteiger partial charge on any atom is 0.312 e. The van der Waals surface area contributed by atoms with Crippen LogP contribution in [0.5, 0.6) is 0 Å². The van der Waals surface area contributed by atoms with Gasteiger partial charge >= 0.3 is 11.9 Å². The molecule has 0 bridgehead atoms. The lowest BCUT2D eigenvalue weighted by atomic mass is 9.89. The topological polar surface area (TPSA) is 52.6 Å². The minimum Gasteiger partial charge on any atom is -0.458 e. The molecule has 0 N–H and O–H groups in total. The highest BCUT2D eigenvalue weighted by Gasteiger charge is 2.47. The molecule has 0 aromatic heterocycles. The summed E-state index contributed by atoms with van der Waals surface area (Å²) in [5.41, 5.74) is -1.73. The van der Waals surface area contributed by atoms with Crippen molar-refractivity contribution in [3.8, 4) is 0 Å². The number of rotatable bonds is 5. The molecule has 0 aromatic carbocycles. The van der Waals surface area contributed by atoms with Crippen LogP contribution in [0.4, 0.5) is 0 Å². The lowest BCUT2D eigenvalue weighted by Gasteiger charge is -2.38. The average molecular weight is 312 g/mol. The highest BCUT2D eigenvalue weighted by molar-refractivity contribution is 5.77. The Bertz CT molecular complexity index is 411. The lowest BCUT2D eigenvalue weighted by Crippen LogP contribution is -2.48. The van der Waals surface area contributed by atoms with Crippen LogP contribution >= 0.6 is 0 Å². The third-order valence-corrected chi connectivity index (χ3v) is 4.82. The average Bonchev–Trinajstić information content (AvgIpc) is 2.87. The molecular formula is C18H32O4. The van der Waals surface area contributed by atoms with E-state index >= 15 is 0 Å². The molecule has 22 heavy (non-hydrogen) atoms. The third-order valence-electron chi connectivity index (χ3n) is 4.82. The van der Waals surface area contributed by atoms with E-state index in [4.69, 9.17) is 9.47 Å². The first-order valence-electron chi connectivity index (χ1n) is 8.39. The van der Waals surface area contributed by atoms with Gasteiger partial charge in [-0.25, -0.2) is 0 Å². The monoisotopic (exact) mass is 312 g/mol. The van der Waals surface area contributed by atoms with Gasteiger partial charge in [0.2, 0.25) is 0 Å². The molecule has 0 spiro atoms. The summed E-state index contributed by atoms with van der Waals surface area (Å²) < 4.78 is 11.5. The predicted octanol–water partition coefficient (Wildman–Crippen LogP) is 4.26. The van der Waals surface area contributed by atoms with Gasteiger partial charge in [-0.3, -0.25) is 9.59 Å². The number of carbonyl (C=O) groups is 2. The summed E-state index contributed by atoms with van der Waals surface area (Å²) in [6.07, 6.45) is 3.82. The Kier molecular flexibility index (Phi) is 5.69. The summed E-state index contributed by atoms with van der Waals surface area (Å²) >= 11 is 0. The molecule has 0 radical (unpaired) electrons. The van der Waals surface area contributed by atoms with Gasteiger partial charge in [0.05, 0.1) is 10.8 Å². The van der Waals surface area contributed by atoms with E-state index < -0.39 is 22.5 Å². The molecule has 128 valence electrons. The zero-order chi connectivity index (χ0) is 17.2. The Morgan fingerprint density at radius 3 is 1.95 bits per heavy atom. The van der Waals surface area contributed by atoms with E-state index in [-0.39, 0.29) is 11.9 Å². The van der Waals surface area contributed by atoms with E-state index in [1.807, 2.05) is 48.5 Å². The fourth-order valence-corrected chi connectivity index (χ4v) is 2.48. The van der Waals surface area contributed by atoms with E-state index in [1.54, 1.807) is 0 Å². The van der Waals surface area contributed by atoms with Crippen LogP contribution in [0.2, 0.25) is 0 Å². The summed E-state index contributed by atoms with van der Waals surface area (Å²) in [5, 5.41) is 0. The van der Waals surface area contributed by atoms with Gasteiger partial charge in [-0.05, 0) is 73.6 Å². The first-order valence-corrected chi connectivity index (χ1v) is 8.39. The zero-order valence-corrected chi connectivity index (χ0v) is 15.2. The summed E-state index contributed by atoms with van der Waals surface area (Å²) in [5.74, 6) is -0.451. The van der Waals surface area contributed by atoms with Crippen molar-refractivity contribution in [1.82, 2.24) is 0 Å². The first kappa shape index (κ1) is 19.0. The second-order valence-corrected chi connectivity index (χ2v) is 8.20. The molecule has 1 fully saturated rings. The maximum absolute atomic E-state index is 12.5. The van der Waals surface area contributed by atoms with Gasteiger partial charge in [0.1, 0.15) is 11.7 Å². The predicted molar refractivity (Wildman–Crippen MR) is 86.4 cm³/mol. The van der Waals surface area contributed by atoms with E-state index in [0.29, 0.717) is 0 Å². The van der Waals surface area contributed by atoms with Crippen molar-refractivity contribution in [3.63, 3.8) is 0 Å². The molecule has 0 heterocycles. The van der Waals surface area contributed by atoms with Crippen LogP contribution in [0.1, 0.15) is 80.6 Å². The van der Waals surface area contributed by atoms with Crippen molar-refractivity contribution in [2.75, 3.05) is 0 Å². The second-order valence-electron chi connectivity index (χ2n) is 8.20. The van der Waals surface area contributed by atoms with Crippen molar-refractivity contribution >= 4 is 11.9 Å². The molecule has 1 saturated carbocycles. The zero-order valence-electron chi connectivity index (χ0n) is 15.2. The maximum atomic E-state index is 12.5. The van der Waals surface area contributed by atoms with Crippen LogP contribution in [0, 0.1) is 10.8 Å². The van der Waals surface area contributed by atoms with E-state index in [0.717, 1.165) is 32.1 Å². The summed E-state index contributed by atoms with van der Waals surface area (Å²) in [6.45, 7) is 13.1. The molecule has 1 unspecified atom stereocenters. The smallest absolute Gasteiger partial charge is 0.312 e. The molecular weight excluding hydrogens is 280 g/mol. The molecule has 4 heteroatoms. The van der Waals surface area contributed by atoms with E-state index in [1.165, 1.54) is 0 Å². The number of carbonyl (C=O) groups excluding carboxylic acids is 2. The Morgan fingerprint density at radius 1 is 1.05 bits per heavy atom. The van der Waals surface area contributed by atoms with Crippen LogP contribution in [0.3, 0.4) is 0 Å². The standard InChI is InChI=1S/C18H32O4/c1-8-17(6,7)15(20)22-18(11-9-10-12-18)13(2)21-14(19)16(3,4)5/h13H,8-12H2,1-7H3. The number of hydrogen-bond acceptors (Lipinski definition) is 4. The molecule has 1 aliphatic rings. The minimum absolute atomic E-state index is 0.199. The van der Waals surface area contributed by atoms with Crippen LogP contribution < -0.4 is 0 Å². The summed E-state index contributed by atoms with van der Waals surface area (Å²) in [6, 6.07) is 0. The second kappa shape index (κ2) is 6.59. The van der Waals surface area contributed by atoms with Gasteiger partial charge in [0.25, 0.3) is 0 Å². The van der Waals surface area contributed by atoms with Gasteiger partial charge in [0, 0.05) is 0 Å². The first-order chi connectivity index (χ1) is 9.94. The summed E-state index contributed by atoms with van der Waals surface area (Å²) in [4.78, 5) is 24.6. The Balaban J connectivity index is 2.88. The largest absolute Gasteiger partial charge is 0.458 e. The van der Waals surface area contributed by atoms with Gasteiger partial charge in [-0.1, -0.05) is 6.92 Å². The third kappa shape index (κ3) is 4.23. The van der Waals surface area contributed by atoms with Crippen LogP contribution in [0.15, 0.2) is 0 Å². The molecule has 1 atom stereocenters.